The van der Waals surface area contributed by atoms with Crippen LogP contribution in [0.5, 0.6) is 0 Å². The number of methoxy groups -OCH3 is 1. The van der Waals surface area contributed by atoms with Gasteiger partial charge in [-0.15, -0.1) is 0 Å². The summed E-state index contributed by atoms with van der Waals surface area (Å²) >= 11 is 0. The number of amides is 1. The van der Waals surface area contributed by atoms with E-state index in [1.807, 2.05) is 62.4 Å². The van der Waals surface area contributed by atoms with Gasteiger partial charge in [-0.1, -0.05) is 59.7 Å². The van der Waals surface area contributed by atoms with E-state index in [2.05, 4.69) is 4.74 Å². The fourth-order valence-electron chi connectivity index (χ4n) is 1.97. The third-order valence-electron chi connectivity index (χ3n) is 3.63. The number of ether oxygens (including phenoxy) is 1. The second kappa shape index (κ2) is 9.56. The van der Waals surface area contributed by atoms with Gasteiger partial charge in [0.15, 0.2) is 0 Å². The molecule has 0 aromatic heterocycles. The fraction of sp³-hybridized carbons (Fsp3) is 0.263. The molecule has 2 aromatic rings. The van der Waals surface area contributed by atoms with Gasteiger partial charge >= 0.3 is 5.97 Å². The van der Waals surface area contributed by atoms with Crippen LogP contribution in [0.4, 0.5) is 0 Å². The van der Waals surface area contributed by atoms with Gasteiger partial charge in [0.1, 0.15) is 12.1 Å². The van der Waals surface area contributed by atoms with Crippen molar-refractivity contribution in [2.24, 2.45) is 17.2 Å². The van der Waals surface area contributed by atoms with Crippen LogP contribution in [0.15, 0.2) is 48.5 Å². The quantitative estimate of drug-likeness (QED) is 0.729. The molecule has 25 heavy (non-hydrogen) atoms. The van der Waals surface area contributed by atoms with Crippen LogP contribution in [0, 0.1) is 13.8 Å². The van der Waals surface area contributed by atoms with Crippen molar-refractivity contribution < 1.29 is 14.3 Å². The van der Waals surface area contributed by atoms with Gasteiger partial charge < -0.3 is 21.9 Å². The number of aryl methyl sites for hydroxylation is 2. The van der Waals surface area contributed by atoms with Crippen molar-refractivity contribution in [1.82, 2.24) is 0 Å². The van der Waals surface area contributed by atoms with Gasteiger partial charge in [0, 0.05) is 0 Å². The Morgan fingerprint density at radius 1 is 0.800 bits per heavy atom. The van der Waals surface area contributed by atoms with Gasteiger partial charge in [0.05, 0.1) is 7.11 Å². The lowest BCUT2D eigenvalue weighted by Gasteiger charge is -2.09. The molecule has 2 rings (SSSR count). The summed E-state index contributed by atoms with van der Waals surface area (Å²) in [6, 6.07) is 13.5. The van der Waals surface area contributed by atoms with Gasteiger partial charge in [0.2, 0.25) is 5.91 Å². The topological polar surface area (TPSA) is 121 Å². The third-order valence-corrected chi connectivity index (χ3v) is 3.63. The van der Waals surface area contributed by atoms with Crippen molar-refractivity contribution in [1.29, 1.82) is 0 Å². The largest absolute Gasteiger partial charge is 0.468 e. The number of nitrogens with two attached hydrogens (primary N) is 3. The highest BCUT2D eigenvalue weighted by atomic mass is 16.5. The van der Waals surface area contributed by atoms with Crippen LogP contribution >= 0.6 is 0 Å². The van der Waals surface area contributed by atoms with Gasteiger partial charge in [0.25, 0.3) is 0 Å². The molecule has 0 heterocycles. The smallest absolute Gasteiger partial charge is 0.327 e. The van der Waals surface area contributed by atoms with Crippen molar-refractivity contribution in [3.63, 3.8) is 0 Å². The number of carbonyl (C=O) groups excluding carboxylic acids is 2. The molecule has 0 radical (unpaired) electrons. The summed E-state index contributed by atoms with van der Waals surface area (Å²) in [5, 5.41) is 0. The standard InChI is InChI=1S/C10H13NO2.C9H12N2O/c1-7-3-5-8(6-4-7)9(11)10(12)13-2;1-6-2-4-7(5-3-6)8(10)9(11)12/h3-6,9H,11H2,1-2H3;2-5,8H,10H2,1H3,(H2,11,12). The summed E-state index contributed by atoms with van der Waals surface area (Å²) in [6.07, 6.45) is 0. The summed E-state index contributed by atoms with van der Waals surface area (Å²) in [5.41, 5.74) is 20.0. The predicted octanol–water partition coefficient (Wildman–Crippen LogP) is 1.65. The molecule has 0 saturated carbocycles. The first-order valence-corrected chi connectivity index (χ1v) is 7.77. The molecule has 134 valence electrons. The van der Waals surface area contributed by atoms with Gasteiger partial charge in [-0.3, -0.25) is 9.59 Å². The second-order valence-corrected chi connectivity index (χ2v) is 5.70. The van der Waals surface area contributed by atoms with E-state index >= 15 is 0 Å². The van der Waals surface area contributed by atoms with E-state index in [1.54, 1.807) is 0 Å². The van der Waals surface area contributed by atoms with E-state index in [1.165, 1.54) is 7.11 Å². The van der Waals surface area contributed by atoms with E-state index in [-0.39, 0.29) is 0 Å². The molecule has 0 spiro atoms. The minimum atomic E-state index is -0.689. The van der Waals surface area contributed by atoms with Crippen LogP contribution < -0.4 is 17.2 Å². The predicted molar refractivity (Wildman–Crippen MR) is 97.4 cm³/mol. The Morgan fingerprint density at radius 2 is 1.16 bits per heavy atom. The second-order valence-electron chi connectivity index (χ2n) is 5.70. The number of primary amides is 1. The van der Waals surface area contributed by atoms with Crippen LogP contribution in [0.3, 0.4) is 0 Å². The number of rotatable bonds is 4. The van der Waals surface area contributed by atoms with Crippen LogP contribution in [-0.2, 0) is 14.3 Å². The van der Waals surface area contributed by atoms with Crippen molar-refractivity contribution in [3.8, 4) is 0 Å². The van der Waals surface area contributed by atoms with Gasteiger partial charge in [-0.05, 0) is 25.0 Å². The van der Waals surface area contributed by atoms with Crippen molar-refractivity contribution in [2.75, 3.05) is 7.11 Å². The SMILES string of the molecule is COC(=O)C(N)c1ccc(C)cc1.Cc1ccc(C(N)C(N)=O)cc1. The molecule has 6 N–H and O–H groups in total. The molecule has 1 amide bonds. The Balaban J connectivity index is 0.000000251. The van der Waals surface area contributed by atoms with E-state index in [4.69, 9.17) is 17.2 Å². The minimum Gasteiger partial charge on any atom is -0.468 e. The summed E-state index contributed by atoms with van der Waals surface area (Å²) < 4.78 is 4.53. The maximum absolute atomic E-state index is 11.0. The molecule has 6 heteroatoms. The van der Waals surface area contributed by atoms with E-state index < -0.39 is 24.0 Å². The normalized spacial score (nSPS) is 12.4. The molecule has 0 aliphatic rings. The summed E-state index contributed by atoms with van der Waals surface area (Å²) in [5.74, 6) is -0.914. The van der Waals surface area contributed by atoms with Crippen molar-refractivity contribution in [3.05, 3.63) is 70.8 Å². The van der Waals surface area contributed by atoms with Crippen LogP contribution in [0.25, 0.3) is 0 Å². The first-order valence-electron chi connectivity index (χ1n) is 7.77. The highest BCUT2D eigenvalue weighted by molar-refractivity contribution is 5.81. The number of hydrogen-bond donors (Lipinski definition) is 3. The monoisotopic (exact) mass is 343 g/mol. The highest BCUT2D eigenvalue weighted by Gasteiger charge is 2.15. The molecule has 0 saturated heterocycles. The lowest BCUT2D eigenvalue weighted by atomic mass is 10.1. The zero-order chi connectivity index (χ0) is 19.0. The number of hydrogen-bond acceptors (Lipinski definition) is 5. The Hall–Kier alpha value is -2.70. The van der Waals surface area contributed by atoms with Gasteiger partial charge in [-0.25, -0.2) is 0 Å². The lowest BCUT2D eigenvalue weighted by molar-refractivity contribution is -0.142. The molecule has 0 aliphatic heterocycles. The zero-order valence-corrected chi connectivity index (χ0v) is 14.7. The number of carbonyl (C=O) groups is 2. The Bertz CT molecular complexity index is 697. The van der Waals surface area contributed by atoms with Crippen molar-refractivity contribution in [2.45, 2.75) is 25.9 Å². The average Bonchev–Trinajstić information content (AvgIpc) is 2.61. The van der Waals surface area contributed by atoms with E-state index in [0.29, 0.717) is 0 Å². The lowest BCUT2D eigenvalue weighted by Crippen LogP contribution is -2.28. The summed E-state index contributed by atoms with van der Waals surface area (Å²) in [7, 11) is 1.33. The number of esters is 1. The molecule has 0 fully saturated rings. The maximum atomic E-state index is 11.0. The molecule has 2 unspecified atom stereocenters. The molecular formula is C19H25N3O3. The molecule has 6 nitrogen and oxygen atoms in total. The average molecular weight is 343 g/mol. The first-order chi connectivity index (χ1) is 11.8. The van der Waals surface area contributed by atoms with Crippen molar-refractivity contribution >= 4 is 11.9 Å². The fourth-order valence-corrected chi connectivity index (χ4v) is 1.97. The molecule has 2 aromatic carbocycles. The summed E-state index contributed by atoms with van der Waals surface area (Å²) in [6.45, 7) is 3.95. The minimum absolute atomic E-state index is 0.413. The van der Waals surface area contributed by atoms with Crippen LogP contribution in [0.1, 0.15) is 34.3 Å². The Morgan fingerprint density at radius 3 is 1.48 bits per heavy atom. The maximum Gasteiger partial charge on any atom is 0.327 e. The molecular weight excluding hydrogens is 318 g/mol. The summed E-state index contributed by atoms with van der Waals surface area (Å²) in [4.78, 5) is 21.7. The Kier molecular flexibility index (Phi) is 7.78. The van der Waals surface area contributed by atoms with Gasteiger partial charge in [-0.2, -0.15) is 0 Å². The van der Waals surface area contributed by atoms with Crippen LogP contribution in [0.2, 0.25) is 0 Å². The van der Waals surface area contributed by atoms with E-state index in [0.717, 1.165) is 22.3 Å². The first kappa shape index (κ1) is 20.3. The highest BCUT2D eigenvalue weighted by Crippen LogP contribution is 2.12. The molecule has 0 aliphatic carbocycles. The van der Waals surface area contributed by atoms with Crippen LogP contribution in [-0.4, -0.2) is 19.0 Å². The number of benzene rings is 2. The Labute approximate surface area is 148 Å². The third kappa shape index (κ3) is 6.37. The molecule has 0 bridgehead atoms. The zero-order valence-electron chi connectivity index (χ0n) is 14.7. The van der Waals surface area contributed by atoms with E-state index in [9.17, 15) is 9.59 Å². The molecule has 2 atom stereocenters.